The Hall–Kier alpha value is -2.32. The first-order valence-corrected chi connectivity index (χ1v) is 6.07. The van der Waals surface area contributed by atoms with Crippen LogP contribution in [0, 0.1) is 6.92 Å². The largest absolute Gasteiger partial charge is 0.488 e. The number of hydrogen-bond acceptors (Lipinski definition) is 5. The Morgan fingerprint density at radius 1 is 1.58 bits per heavy atom. The maximum absolute atomic E-state index is 12.5. The highest BCUT2D eigenvalue weighted by molar-refractivity contribution is 7.81. The lowest BCUT2D eigenvalue weighted by atomic mass is 10.0. The smallest absolute Gasteiger partial charge is 0.478 e. The van der Waals surface area contributed by atoms with E-state index in [4.69, 9.17) is 10.6 Å². The summed E-state index contributed by atoms with van der Waals surface area (Å²) in [6.45, 7) is 1.17. The average Bonchev–Trinajstić information content (AvgIpc) is 2.28. The van der Waals surface area contributed by atoms with Crippen molar-refractivity contribution in [3.05, 3.63) is 39.3 Å². The molecule has 1 N–H and O–H groups in total. The van der Waals surface area contributed by atoms with Crippen LogP contribution in [0.3, 0.4) is 0 Å². The minimum atomic E-state index is -5.28. The molecule has 19 heavy (non-hydrogen) atoms. The maximum atomic E-state index is 12.5. The van der Waals surface area contributed by atoms with Gasteiger partial charge in [-0.15, -0.1) is 0 Å². The molecule has 0 saturated carbocycles. The minimum absolute atomic E-state index is 0.165. The molecular formula is C9H8FN3O5S. The Morgan fingerprint density at radius 2 is 2.21 bits per heavy atom. The molecule has 0 fully saturated rings. The normalized spacial score (nSPS) is 10.6. The molecule has 0 unspecified atom stereocenters. The van der Waals surface area contributed by atoms with E-state index in [1.807, 2.05) is 0 Å². The van der Waals surface area contributed by atoms with E-state index >= 15 is 0 Å². The quantitative estimate of drug-likeness (QED) is 0.384. The van der Waals surface area contributed by atoms with E-state index < -0.39 is 22.2 Å². The van der Waals surface area contributed by atoms with Gasteiger partial charge in [-0.25, -0.2) is 4.79 Å². The van der Waals surface area contributed by atoms with Gasteiger partial charge in [-0.05, 0) is 35.7 Å². The number of halogens is 1. The summed E-state index contributed by atoms with van der Waals surface area (Å²) in [7, 11) is -5.28. The minimum Gasteiger partial charge on any atom is -0.478 e. The predicted molar refractivity (Wildman–Crippen MR) is 61.6 cm³/mol. The molecular weight excluding hydrogens is 281 g/mol. The standard InChI is InChI=1S/C9H8FN3O5S/c1-5-7(4-12-13-11)2-6(9(14)15)3-8(5)18-19(10,16)17/h2-3H,4H2,1H3,(H,14,15). The van der Waals surface area contributed by atoms with Crippen molar-refractivity contribution < 1.29 is 26.4 Å². The predicted octanol–water partition coefficient (Wildman–Crippen LogP) is 2.10. The highest BCUT2D eigenvalue weighted by atomic mass is 32.3. The lowest BCUT2D eigenvalue weighted by Crippen LogP contribution is -2.07. The molecule has 10 heteroatoms. The highest BCUT2D eigenvalue weighted by Gasteiger charge is 2.17. The highest BCUT2D eigenvalue weighted by Crippen LogP contribution is 2.26. The molecule has 1 rings (SSSR count). The van der Waals surface area contributed by atoms with E-state index in [-0.39, 0.29) is 23.2 Å². The van der Waals surface area contributed by atoms with Gasteiger partial charge >= 0.3 is 16.5 Å². The number of nitrogens with zero attached hydrogens (tertiary/aromatic N) is 3. The summed E-state index contributed by atoms with van der Waals surface area (Å²) >= 11 is 0. The number of carbonyl (C=O) groups is 1. The van der Waals surface area contributed by atoms with Gasteiger partial charge in [0, 0.05) is 4.91 Å². The maximum Gasteiger partial charge on any atom is 0.488 e. The number of carboxylic acids is 1. The zero-order valence-electron chi connectivity index (χ0n) is 9.57. The average molecular weight is 289 g/mol. The molecule has 8 nitrogen and oxygen atoms in total. The number of hydrogen-bond donors (Lipinski definition) is 1. The van der Waals surface area contributed by atoms with Crippen LogP contribution in [0.1, 0.15) is 21.5 Å². The van der Waals surface area contributed by atoms with E-state index in [2.05, 4.69) is 14.2 Å². The van der Waals surface area contributed by atoms with Crippen molar-refractivity contribution in [1.82, 2.24) is 0 Å². The van der Waals surface area contributed by atoms with Gasteiger partial charge in [0.1, 0.15) is 5.75 Å². The number of carboxylic acid groups (broad SMARTS) is 1. The van der Waals surface area contributed by atoms with Gasteiger partial charge in [-0.1, -0.05) is 9.00 Å². The molecule has 1 aromatic rings. The molecule has 102 valence electrons. The van der Waals surface area contributed by atoms with Gasteiger partial charge in [0.05, 0.1) is 12.1 Å². The summed E-state index contributed by atoms with van der Waals surface area (Å²) < 4.78 is 37.4. The zero-order valence-corrected chi connectivity index (χ0v) is 10.4. The summed E-state index contributed by atoms with van der Waals surface area (Å²) in [6, 6.07) is 2.05. The van der Waals surface area contributed by atoms with Crippen LogP contribution >= 0.6 is 0 Å². The van der Waals surface area contributed by atoms with Crippen molar-refractivity contribution in [3.63, 3.8) is 0 Å². The monoisotopic (exact) mass is 289 g/mol. The van der Waals surface area contributed by atoms with Crippen molar-refractivity contribution >= 4 is 16.5 Å². The van der Waals surface area contributed by atoms with Crippen molar-refractivity contribution in [2.45, 2.75) is 13.5 Å². The topological polar surface area (TPSA) is 129 Å². The van der Waals surface area contributed by atoms with Crippen LogP contribution in [0.15, 0.2) is 17.2 Å². The Bertz CT molecular complexity index is 667. The van der Waals surface area contributed by atoms with Gasteiger partial charge in [0.15, 0.2) is 0 Å². The second kappa shape index (κ2) is 5.55. The number of azide groups is 1. The van der Waals surface area contributed by atoms with Crippen molar-refractivity contribution in [3.8, 4) is 5.75 Å². The van der Waals surface area contributed by atoms with Crippen LogP contribution in [0.5, 0.6) is 5.75 Å². The first kappa shape index (κ1) is 14.7. The molecule has 0 saturated heterocycles. The Labute approximate surface area is 107 Å². The molecule has 0 atom stereocenters. The fourth-order valence-electron chi connectivity index (χ4n) is 1.33. The van der Waals surface area contributed by atoms with E-state index in [0.717, 1.165) is 6.07 Å². The molecule has 0 amide bonds. The van der Waals surface area contributed by atoms with E-state index in [9.17, 15) is 17.1 Å². The van der Waals surface area contributed by atoms with Crippen LogP contribution in [0.2, 0.25) is 0 Å². The molecule has 0 aliphatic carbocycles. The van der Waals surface area contributed by atoms with Crippen LogP contribution in [-0.2, 0) is 17.0 Å². The summed E-state index contributed by atoms with van der Waals surface area (Å²) in [5, 5.41) is 12.1. The molecule has 0 aliphatic rings. The number of rotatable bonds is 5. The van der Waals surface area contributed by atoms with Crippen LogP contribution in [0.4, 0.5) is 3.89 Å². The third-order valence-electron chi connectivity index (χ3n) is 2.21. The second-order valence-corrected chi connectivity index (χ2v) is 4.38. The number of aromatic carboxylic acids is 1. The second-order valence-electron chi connectivity index (χ2n) is 3.43. The van der Waals surface area contributed by atoms with Crippen LogP contribution in [-0.4, -0.2) is 19.5 Å². The lowest BCUT2D eigenvalue weighted by molar-refractivity contribution is 0.0696. The van der Waals surface area contributed by atoms with Gasteiger partial charge in [-0.2, -0.15) is 8.42 Å². The molecule has 0 spiro atoms. The Balaban J connectivity index is 3.40. The van der Waals surface area contributed by atoms with Crippen LogP contribution < -0.4 is 4.18 Å². The van der Waals surface area contributed by atoms with Crippen LogP contribution in [0.25, 0.3) is 10.4 Å². The Kier molecular flexibility index (Phi) is 4.30. The summed E-state index contributed by atoms with van der Waals surface area (Å²) in [6.07, 6.45) is 0. The van der Waals surface area contributed by atoms with E-state index in [1.165, 1.54) is 13.0 Å². The fourth-order valence-corrected chi connectivity index (χ4v) is 1.72. The van der Waals surface area contributed by atoms with Gasteiger partial charge in [0.2, 0.25) is 0 Å². The van der Waals surface area contributed by atoms with E-state index in [1.54, 1.807) is 0 Å². The fraction of sp³-hybridized carbons (Fsp3) is 0.222. The molecule has 0 heterocycles. The van der Waals surface area contributed by atoms with Crippen molar-refractivity contribution in [2.24, 2.45) is 5.11 Å². The SMILES string of the molecule is Cc1c(CN=[N+]=[N-])cc(C(=O)O)cc1OS(=O)(=O)F. The molecule has 0 aromatic heterocycles. The molecule has 0 aliphatic heterocycles. The van der Waals surface area contributed by atoms with Gasteiger partial charge in [-0.3, -0.25) is 0 Å². The van der Waals surface area contributed by atoms with Gasteiger partial charge in [0.25, 0.3) is 0 Å². The molecule has 0 radical (unpaired) electrons. The van der Waals surface area contributed by atoms with Gasteiger partial charge < -0.3 is 9.29 Å². The number of benzene rings is 1. The third kappa shape index (κ3) is 4.12. The third-order valence-corrected chi connectivity index (χ3v) is 2.59. The Morgan fingerprint density at radius 3 is 2.68 bits per heavy atom. The molecule has 0 bridgehead atoms. The lowest BCUT2D eigenvalue weighted by Gasteiger charge is -2.10. The molecule has 1 aromatic carbocycles. The van der Waals surface area contributed by atoms with E-state index in [0.29, 0.717) is 0 Å². The summed E-state index contributed by atoms with van der Waals surface area (Å²) in [5.41, 5.74) is 8.28. The summed E-state index contributed by atoms with van der Waals surface area (Å²) in [4.78, 5) is 13.3. The first-order chi connectivity index (χ1) is 8.74. The zero-order chi connectivity index (χ0) is 14.6. The van der Waals surface area contributed by atoms with Crippen molar-refractivity contribution in [2.75, 3.05) is 0 Å². The summed E-state index contributed by atoms with van der Waals surface area (Å²) in [5.74, 6) is -1.83. The van der Waals surface area contributed by atoms with Crippen molar-refractivity contribution in [1.29, 1.82) is 0 Å². The first-order valence-electron chi connectivity index (χ1n) is 4.76.